The second kappa shape index (κ2) is 8.96. The van der Waals surface area contributed by atoms with Crippen molar-refractivity contribution in [1.82, 2.24) is 0 Å². The summed E-state index contributed by atoms with van der Waals surface area (Å²) in [4.78, 5) is 4.72. The lowest BCUT2D eigenvalue weighted by atomic mass is 10.0. The lowest BCUT2D eigenvalue weighted by Crippen LogP contribution is -2.13. The highest BCUT2D eigenvalue weighted by Crippen LogP contribution is 2.50. The molecule has 3 aromatic carbocycles. The first-order chi connectivity index (χ1) is 13.1. The van der Waals surface area contributed by atoms with Crippen LogP contribution in [0.15, 0.2) is 73.2 Å². The molecule has 3 aromatic rings. The minimum Gasteiger partial charge on any atom is -0.343 e. The maximum atomic E-state index is 4.39. The number of nitrogens with zero attached hydrogens (tertiary/aromatic N) is 1. The van der Waals surface area contributed by atoms with E-state index < -0.39 is 0 Å². The number of benzene rings is 3. The standard InChI is InChI=1S/C21H19NS.C2H6.C2H4/c1-13-9-12-19-21(14(13)2)22(4)18-11-10-16-7-5-6-8-17(16)20(18)15(3)23-19;2*1-2/h5-12H,3H2,1-2,4H3;1-2H3;1-2H2. The average molecular weight is 376 g/mol. The molecule has 1 aliphatic rings. The van der Waals surface area contributed by atoms with Crippen LogP contribution >= 0.6 is 11.8 Å². The van der Waals surface area contributed by atoms with Crippen molar-refractivity contribution in [2.24, 2.45) is 0 Å². The summed E-state index contributed by atoms with van der Waals surface area (Å²) < 4.78 is 0. The van der Waals surface area contributed by atoms with Crippen molar-refractivity contribution in [3.8, 4) is 0 Å². The summed E-state index contributed by atoms with van der Waals surface area (Å²) in [5.74, 6) is 0. The molecule has 0 saturated heterocycles. The van der Waals surface area contributed by atoms with Crippen LogP contribution in [-0.4, -0.2) is 7.05 Å². The lowest BCUT2D eigenvalue weighted by molar-refractivity contribution is 1.13. The van der Waals surface area contributed by atoms with Crippen molar-refractivity contribution in [3.05, 3.63) is 85.0 Å². The summed E-state index contributed by atoms with van der Waals surface area (Å²) in [7, 11) is 2.16. The van der Waals surface area contributed by atoms with E-state index in [9.17, 15) is 0 Å². The zero-order valence-electron chi connectivity index (χ0n) is 17.1. The van der Waals surface area contributed by atoms with Gasteiger partial charge in [0.1, 0.15) is 0 Å². The highest BCUT2D eigenvalue weighted by Gasteiger charge is 2.24. The molecule has 0 saturated carbocycles. The summed E-state index contributed by atoms with van der Waals surface area (Å²) in [6.07, 6.45) is 0. The van der Waals surface area contributed by atoms with Gasteiger partial charge in [-0.05, 0) is 47.9 Å². The van der Waals surface area contributed by atoms with Crippen molar-refractivity contribution < 1.29 is 0 Å². The Bertz CT molecular complexity index is 971. The fourth-order valence-corrected chi connectivity index (χ4v) is 4.52. The summed E-state index contributed by atoms with van der Waals surface area (Å²) in [6, 6.07) is 17.4. The summed E-state index contributed by atoms with van der Waals surface area (Å²) in [5, 5.41) is 2.54. The number of thioether (sulfide) groups is 1. The molecule has 4 rings (SSSR count). The van der Waals surface area contributed by atoms with E-state index in [1.54, 1.807) is 11.8 Å². The van der Waals surface area contributed by atoms with E-state index >= 15 is 0 Å². The number of rotatable bonds is 0. The molecule has 0 atom stereocenters. The quantitative estimate of drug-likeness (QED) is 0.365. The van der Waals surface area contributed by atoms with E-state index in [-0.39, 0.29) is 0 Å². The maximum absolute atomic E-state index is 4.39. The Labute approximate surface area is 168 Å². The molecule has 0 aromatic heterocycles. The molecule has 0 N–H and O–H groups in total. The van der Waals surface area contributed by atoms with Crippen molar-refractivity contribution in [2.45, 2.75) is 32.6 Å². The molecule has 1 heterocycles. The molecule has 0 bridgehead atoms. The summed E-state index contributed by atoms with van der Waals surface area (Å²) in [6.45, 7) is 18.8. The van der Waals surface area contributed by atoms with Crippen molar-refractivity contribution in [3.63, 3.8) is 0 Å². The first kappa shape index (κ1) is 20.9. The third kappa shape index (κ3) is 3.68. The van der Waals surface area contributed by atoms with Gasteiger partial charge in [0, 0.05) is 28.1 Å². The van der Waals surface area contributed by atoms with Crippen molar-refractivity contribution >= 4 is 38.8 Å². The van der Waals surface area contributed by atoms with Crippen LogP contribution in [0.1, 0.15) is 30.5 Å². The van der Waals surface area contributed by atoms with Gasteiger partial charge in [-0.2, -0.15) is 0 Å². The Morgan fingerprint density at radius 2 is 1.56 bits per heavy atom. The molecule has 0 radical (unpaired) electrons. The molecule has 27 heavy (non-hydrogen) atoms. The number of hydrogen-bond acceptors (Lipinski definition) is 2. The molecular weight excluding hydrogens is 346 g/mol. The minimum atomic E-state index is 1.12. The molecule has 1 nitrogen and oxygen atoms in total. The van der Waals surface area contributed by atoms with E-state index in [0.717, 1.165) is 4.91 Å². The van der Waals surface area contributed by atoms with E-state index in [2.05, 4.69) is 94.1 Å². The van der Waals surface area contributed by atoms with Gasteiger partial charge in [0.25, 0.3) is 0 Å². The number of hydrogen-bond donors (Lipinski definition) is 0. The van der Waals surface area contributed by atoms with Gasteiger partial charge >= 0.3 is 0 Å². The number of fused-ring (bicyclic) bond motifs is 4. The maximum Gasteiger partial charge on any atom is 0.0582 e. The first-order valence-electron chi connectivity index (χ1n) is 9.30. The Balaban J connectivity index is 0.000000614. The van der Waals surface area contributed by atoms with Gasteiger partial charge in [0.05, 0.1) is 5.69 Å². The smallest absolute Gasteiger partial charge is 0.0582 e. The number of anilines is 2. The predicted molar refractivity (Wildman–Crippen MR) is 125 cm³/mol. The van der Waals surface area contributed by atoms with E-state index in [1.807, 2.05) is 13.8 Å². The second-order valence-electron chi connectivity index (χ2n) is 6.12. The topological polar surface area (TPSA) is 3.24 Å². The zero-order chi connectivity index (χ0) is 20.1. The molecule has 0 fully saturated rings. The van der Waals surface area contributed by atoms with Crippen molar-refractivity contribution in [1.29, 1.82) is 0 Å². The molecule has 0 amide bonds. The van der Waals surface area contributed by atoms with Crippen LogP contribution in [0.4, 0.5) is 11.4 Å². The van der Waals surface area contributed by atoms with Crippen LogP contribution in [0.2, 0.25) is 0 Å². The Morgan fingerprint density at radius 3 is 2.26 bits per heavy atom. The molecule has 0 aliphatic carbocycles. The summed E-state index contributed by atoms with van der Waals surface area (Å²) >= 11 is 1.78. The third-order valence-corrected chi connectivity index (χ3v) is 5.78. The van der Waals surface area contributed by atoms with Crippen LogP contribution in [0.3, 0.4) is 0 Å². The average Bonchev–Trinajstić information content (AvgIpc) is 2.83. The van der Waals surface area contributed by atoms with Crippen LogP contribution in [0.5, 0.6) is 0 Å². The van der Waals surface area contributed by atoms with Crippen LogP contribution in [0, 0.1) is 13.8 Å². The zero-order valence-corrected chi connectivity index (χ0v) is 17.9. The molecule has 1 aliphatic heterocycles. The number of aryl methyl sites for hydroxylation is 1. The Hall–Kier alpha value is -2.45. The van der Waals surface area contributed by atoms with Gasteiger partial charge in [-0.3, -0.25) is 0 Å². The van der Waals surface area contributed by atoms with Gasteiger partial charge in [0.2, 0.25) is 0 Å². The van der Waals surface area contributed by atoms with Gasteiger partial charge in [-0.1, -0.05) is 68.6 Å². The van der Waals surface area contributed by atoms with Crippen molar-refractivity contribution in [2.75, 3.05) is 11.9 Å². The lowest BCUT2D eigenvalue weighted by Gasteiger charge is -2.24. The Morgan fingerprint density at radius 1 is 0.889 bits per heavy atom. The van der Waals surface area contributed by atoms with Gasteiger partial charge in [0.15, 0.2) is 0 Å². The van der Waals surface area contributed by atoms with Crippen LogP contribution in [-0.2, 0) is 0 Å². The van der Waals surface area contributed by atoms with Gasteiger partial charge < -0.3 is 4.90 Å². The summed E-state index contributed by atoms with van der Waals surface area (Å²) in [5.41, 5.74) is 6.44. The highest BCUT2D eigenvalue weighted by molar-refractivity contribution is 8.08. The monoisotopic (exact) mass is 375 g/mol. The fraction of sp³-hybridized carbons (Fsp3) is 0.200. The fourth-order valence-electron chi connectivity index (χ4n) is 3.41. The molecule has 140 valence electrons. The van der Waals surface area contributed by atoms with E-state index in [1.165, 1.54) is 43.7 Å². The molecule has 2 heteroatoms. The molecule has 0 spiro atoms. The first-order valence-corrected chi connectivity index (χ1v) is 10.1. The van der Waals surface area contributed by atoms with E-state index in [4.69, 9.17) is 0 Å². The van der Waals surface area contributed by atoms with Crippen LogP contribution in [0.25, 0.3) is 15.7 Å². The van der Waals surface area contributed by atoms with Gasteiger partial charge in [-0.15, -0.1) is 13.2 Å². The van der Waals surface area contributed by atoms with Gasteiger partial charge in [-0.25, -0.2) is 0 Å². The van der Waals surface area contributed by atoms with E-state index in [0.29, 0.717) is 0 Å². The van der Waals surface area contributed by atoms with Crippen LogP contribution < -0.4 is 4.90 Å². The molecular formula is C25H29NS. The second-order valence-corrected chi connectivity index (χ2v) is 7.26. The minimum absolute atomic E-state index is 1.12. The molecule has 0 unspecified atom stereocenters. The largest absolute Gasteiger partial charge is 0.343 e. The SMILES string of the molecule is C=C.C=C1Sc2ccc(C)c(C)c2N(C)c2ccc3ccccc3c21.CC. The third-order valence-electron chi connectivity index (χ3n) is 4.78. The highest BCUT2D eigenvalue weighted by atomic mass is 32.2. The predicted octanol–water partition coefficient (Wildman–Crippen LogP) is 8.13. The Kier molecular flexibility index (Phi) is 6.92. The normalized spacial score (nSPS) is 12.0.